The standard InChI is InChI=1S/C20H14N2O4S/c1-26-20(25)17-9-11-8-12(6-7-16(11)27-17)22-19(24)14-10-21-15-5-3-2-4-13(15)18(14)23/h2-10H,1H3,(H,21,23)(H,22,24). The quantitative estimate of drug-likeness (QED) is 0.531. The second-order valence-corrected chi connectivity index (χ2v) is 6.97. The molecule has 4 rings (SSSR count). The van der Waals surface area contributed by atoms with Gasteiger partial charge in [-0.3, -0.25) is 9.59 Å². The van der Waals surface area contributed by atoms with Gasteiger partial charge in [0.1, 0.15) is 10.4 Å². The summed E-state index contributed by atoms with van der Waals surface area (Å²) >= 11 is 1.32. The number of H-pyrrole nitrogens is 1. The van der Waals surface area contributed by atoms with Gasteiger partial charge in [0.05, 0.1) is 7.11 Å². The Morgan fingerprint density at radius 3 is 2.74 bits per heavy atom. The largest absolute Gasteiger partial charge is 0.465 e. The van der Waals surface area contributed by atoms with Gasteiger partial charge in [0.2, 0.25) is 5.43 Å². The first-order valence-electron chi connectivity index (χ1n) is 8.10. The first-order chi connectivity index (χ1) is 13.1. The molecule has 0 aliphatic heterocycles. The van der Waals surface area contributed by atoms with Crippen LogP contribution in [0.1, 0.15) is 20.0 Å². The highest BCUT2D eigenvalue weighted by Crippen LogP contribution is 2.28. The molecule has 0 spiro atoms. The topological polar surface area (TPSA) is 88.3 Å². The average Bonchev–Trinajstić information content (AvgIpc) is 3.11. The molecular formula is C20H14N2O4S. The van der Waals surface area contributed by atoms with Gasteiger partial charge in [0.25, 0.3) is 5.91 Å². The van der Waals surface area contributed by atoms with Gasteiger partial charge in [-0.05, 0) is 41.8 Å². The predicted molar refractivity (Wildman–Crippen MR) is 106 cm³/mol. The average molecular weight is 378 g/mol. The van der Waals surface area contributed by atoms with Crippen molar-refractivity contribution in [2.45, 2.75) is 0 Å². The second kappa shape index (κ2) is 6.69. The van der Waals surface area contributed by atoms with Crippen LogP contribution >= 0.6 is 11.3 Å². The number of carbonyl (C=O) groups is 2. The maximum atomic E-state index is 12.6. The molecule has 0 saturated carbocycles. The van der Waals surface area contributed by atoms with E-state index < -0.39 is 11.9 Å². The van der Waals surface area contributed by atoms with Gasteiger partial charge in [0, 0.05) is 27.5 Å². The summed E-state index contributed by atoms with van der Waals surface area (Å²) < 4.78 is 5.63. The molecule has 0 saturated heterocycles. The van der Waals surface area contributed by atoms with Gasteiger partial charge in [-0.15, -0.1) is 11.3 Å². The highest BCUT2D eigenvalue weighted by atomic mass is 32.1. The van der Waals surface area contributed by atoms with E-state index in [1.807, 2.05) is 12.1 Å². The summed E-state index contributed by atoms with van der Waals surface area (Å²) in [6.45, 7) is 0. The van der Waals surface area contributed by atoms with Crippen molar-refractivity contribution in [2.75, 3.05) is 12.4 Å². The number of hydrogen-bond acceptors (Lipinski definition) is 5. The van der Waals surface area contributed by atoms with E-state index in [1.54, 1.807) is 36.4 Å². The maximum Gasteiger partial charge on any atom is 0.348 e. The summed E-state index contributed by atoms with van der Waals surface area (Å²) in [6.07, 6.45) is 1.42. The Morgan fingerprint density at radius 1 is 1.11 bits per heavy atom. The Morgan fingerprint density at radius 2 is 1.93 bits per heavy atom. The van der Waals surface area contributed by atoms with Crippen molar-refractivity contribution in [1.82, 2.24) is 4.98 Å². The van der Waals surface area contributed by atoms with E-state index in [0.29, 0.717) is 21.5 Å². The van der Waals surface area contributed by atoms with E-state index in [0.717, 1.165) is 10.1 Å². The number of ether oxygens (including phenoxy) is 1. The molecule has 0 atom stereocenters. The van der Waals surface area contributed by atoms with Gasteiger partial charge in [0.15, 0.2) is 0 Å². The summed E-state index contributed by atoms with van der Waals surface area (Å²) in [4.78, 5) is 40.2. The molecule has 0 unspecified atom stereocenters. The molecule has 0 aliphatic carbocycles. The lowest BCUT2D eigenvalue weighted by atomic mass is 10.1. The van der Waals surface area contributed by atoms with Gasteiger partial charge in [-0.1, -0.05) is 12.1 Å². The first kappa shape index (κ1) is 17.0. The molecular weight excluding hydrogens is 364 g/mol. The van der Waals surface area contributed by atoms with Crippen molar-refractivity contribution >= 4 is 49.9 Å². The highest BCUT2D eigenvalue weighted by molar-refractivity contribution is 7.20. The van der Waals surface area contributed by atoms with Crippen molar-refractivity contribution in [3.05, 3.63) is 75.4 Å². The summed E-state index contributed by atoms with van der Waals surface area (Å²) in [5.74, 6) is -0.894. The van der Waals surface area contributed by atoms with E-state index in [4.69, 9.17) is 4.74 Å². The Balaban J connectivity index is 1.65. The number of hydrogen-bond donors (Lipinski definition) is 2. The molecule has 0 radical (unpaired) electrons. The van der Waals surface area contributed by atoms with Crippen molar-refractivity contribution in [3.8, 4) is 0 Å². The molecule has 2 aromatic carbocycles. The Bertz CT molecular complexity index is 1260. The lowest BCUT2D eigenvalue weighted by Crippen LogP contribution is -2.21. The zero-order valence-electron chi connectivity index (χ0n) is 14.2. The summed E-state index contributed by atoms with van der Waals surface area (Å²) in [6, 6.07) is 14.0. The van der Waals surface area contributed by atoms with Crippen LogP contribution in [0.25, 0.3) is 21.0 Å². The third-order valence-corrected chi connectivity index (χ3v) is 5.29. The SMILES string of the molecule is COC(=O)c1cc2cc(NC(=O)c3c[nH]c4ccccc4c3=O)ccc2s1. The third-order valence-electron chi connectivity index (χ3n) is 4.19. The predicted octanol–water partition coefficient (Wildman–Crippen LogP) is 3.78. The minimum Gasteiger partial charge on any atom is -0.465 e. The molecule has 2 heterocycles. The Hall–Kier alpha value is -3.45. The molecule has 2 aromatic heterocycles. The monoisotopic (exact) mass is 378 g/mol. The number of esters is 1. The molecule has 1 amide bonds. The van der Waals surface area contributed by atoms with Crippen LogP contribution in [-0.4, -0.2) is 24.0 Å². The summed E-state index contributed by atoms with van der Waals surface area (Å²) in [7, 11) is 1.33. The lowest BCUT2D eigenvalue weighted by Gasteiger charge is -2.06. The van der Waals surface area contributed by atoms with Gasteiger partial charge >= 0.3 is 5.97 Å². The first-order valence-corrected chi connectivity index (χ1v) is 8.92. The van der Waals surface area contributed by atoms with E-state index in [-0.39, 0.29) is 11.0 Å². The Kier molecular flexibility index (Phi) is 4.21. The van der Waals surface area contributed by atoms with Crippen molar-refractivity contribution in [3.63, 3.8) is 0 Å². The fourth-order valence-electron chi connectivity index (χ4n) is 2.86. The number of nitrogens with one attached hydrogen (secondary N) is 2. The van der Waals surface area contributed by atoms with E-state index >= 15 is 0 Å². The van der Waals surface area contributed by atoms with Crippen molar-refractivity contribution in [1.29, 1.82) is 0 Å². The van der Waals surface area contributed by atoms with Crippen LogP contribution in [0, 0.1) is 0 Å². The number of aromatic amines is 1. The molecule has 134 valence electrons. The molecule has 4 aromatic rings. The van der Waals surface area contributed by atoms with Crippen LogP contribution in [0.5, 0.6) is 0 Å². The second-order valence-electron chi connectivity index (χ2n) is 5.89. The number of carbonyl (C=O) groups excluding carboxylic acids is 2. The van der Waals surface area contributed by atoms with Crippen molar-refractivity contribution in [2.24, 2.45) is 0 Å². The zero-order valence-corrected chi connectivity index (χ0v) is 15.1. The molecule has 27 heavy (non-hydrogen) atoms. The van der Waals surface area contributed by atoms with Gasteiger partial charge < -0.3 is 15.0 Å². The van der Waals surface area contributed by atoms with Gasteiger partial charge in [-0.2, -0.15) is 0 Å². The highest BCUT2D eigenvalue weighted by Gasteiger charge is 2.14. The van der Waals surface area contributed by atoms with Crippen LogP contribution in [0.15, 0.2) is 59.5 Å². The van der Waals surface area contributed by atoms with Crippen LogP contribution in [0.3, 0.4) is 0 Å². The normalized spacial score (nSPS) is 10.9. The van der Waals surface area contributed by atoms with Crippen molar-refractivity contribution < 1.29 is 14.3 Å². The Labute approximate surface area is 157 Å². The maximum absolute atomic E-state index is 12.6. The number of aromatic nitrogens is 1. The molecule has 0 fully saturated rings. The number of anilines is 1. The minimum atomic E-state index is -0.496. The number of amides is 1. The van der Waals surface area contributed by atoms with Gasteiger partial charge in [-0.25, -0.2) is 4.79 Å². The molecule has 7 heteroatoms. The van der Waals surface area contributed by atoms with Crippen LogP contribution < -0.4 is 10.7 Å². The van der Waals surface area contributed by atoms with Crippen LogP contribution in [0.4, 0.5) is 5.69 Å². The summed E-state index contributed by atoms with van der Waals surface area (Å²) in [5, 5.41) is 4.01. The molecule has 0 bridgehead atoms. The van der Waals surface area contributed by atoms with Crippen LogP contribution in [0.2, 0.25) is 0 Å². The number of pyridine rings is 1. The molecule has 2 N–H and O–H groups in total. The summed E-state index contributed by atoms with van der Waals surface area (Å²) in [5.41, 5.74) is 0.921. The van der Waals surface area contributed by atoms with E-state index in [2.05, 4.69) is 10.3 Å². The number of thiophene rings is 1. The fourth-order valence-corrected chi connectivity index (χ4v) is 3.82. The van der Waals surface area contributed by atoms with E-state index in [9.17, 15) is 14.4 Å². The molecule has 0 aliphatic rings. The smallest absolute Gasteiger partial charge is 0.348 e. The van der Waals surface area contributed by atoms with E-state index in [1.165, 1.54) is 24.6 Å². The molecule has 6 nitrogen and oxygen atoms in total. The fraction of sp³-hybridized carbons (Fsp3) is 0.0500. The number of methoxy groups -OCH3 is 1. The minimum absolute atomic E-state index is 0.0364. The third kappa shape index (κ3) is 3.09. The van der Waals surface area contributed by atoms with Crippen LogP contribution in [-0.2, 0) is 4.74 Å². The number of para-hydroxylation sites is 1. The number of fused-ring (bicyclic) bond motifs is 2. The zero-order chi connectivity index (χ0) is 19.0. The lowest BCUT2D eigenvalue weighted by molar-refractivity contribution is 0.0606. The number of benzene rings is 2. The number of rotatable bonds is 3.